The average molecular weight is 466 g/mol. The van der Waals surface area contributed by atoms with Gasteiger partial charge in [0.05, 0.1) is 6.54 Å². The zero-order chi connectivity index (χ0) is 23.3. The molecular weight excluding hydrogens is 430 g/mol. The number of rotatable bonds is 7. The Kier molecular flexibility index (Phi) is 8.26. The Morgan fingerprint density at radius 3 is 2.12 bits per heavy atom. The van der Waals surface area contributed by atoms with Gasteiger partial charge in [-0.15, -0.1) is 0 Å². The first-order chi connectivity index (χ1) is 15.2. The third-order valence-electron chi connectivity index (χ3n) is 6.30. The van der Waals surface area contributed by atoms with Gasteiger partial charge in [-0.2, -0.15) is 17.0 Å². The molecule has 1 aliphatic carbocycles. The van der Waals surface area contributed by atoms with E-state index in [-0.39, 0.29) is 24.4 Å². The molecule has 2 amide bonds. The number of carbonyl (C=O) groups is 2. The fourth-order valence-electron chi connectivity index (χ4n) is 4.29. The maximum atomic E-state index is 13.0. The van der Waals surface area contributed by atoms with Gasteiger partial charge in [0.15, 0.2) is 0 Å². The molecule has 1 aliphatic heterocycles. The lowest BCUT2D eigenvalue weighted by atomic mass is 9.96. The molecule has 1 saturated carbocycles. The molecular formula is C22H35N5O4S. The SMILES string of the molecule is CN(C)C(=O)c1ccc(NC(=O)CN2CCN(S(=O)(=O)N(C)C3CCCCC3)CC2)cc1. The molecule has 32 heavy (non-hydrogen) atoms. The Labute approximate surface area is 191 Å². The standard InChI is InChI=1S/C22H35N5O4S/c1-24(2)22(29)18-9-11-19(12-10-18)23-21(28)17-26-13-15-27(16-14-26)32(30,31)25(3)20-7-5-4-6-8-20/h9-12,20H,4-8,13-17H2,1-3H3,(H,23,28). The summed E-state index contributed by atoms with van der Waals surface area (Å²) in [5, 5.41) is 2.84. The Hall–Kier alpha value is -2.01. The van der Waals surface area contributed by atoms with Crippen molar-refractivity contribution in [2.75, 3.05) is 59.2 Å². The average Bonchev–Trinajstić information content (AvgIpc) is 2.79. The number of anilines is 1. The van der Waals surface area contributed by atoms with Crippen LogP contribution in [0.2, 0.25) is 0 Å². The van der Waals surface area contributed by atoms with Crippen LogP contribution in [0, 0.1) is 0 Å². The number of hydrogen-bond donors (Lipinski definition) is 1. The van der Waals surface area contributed by atoms with Crippen molar-refractivity contribution in [3.63, 3.8) is 0 Å². The summed E-state index contributed by atoms with van der Waals surface area (Å²) >= 11 is 0. The monoisotopic (exact) mass is 465 g/mol. The molecule has 1 saturated heterocycles. The van der Waals surface area contributed by atoms with Crippen molar-refractivity contribution < 1.29 is 18.0 Å². The molecule has 2 fully saturated rings. The van der Waals surface area contributed by atoms with Gasteiger partial charge in [-0.1, -0.05) is 19.3 Å². The topological polar surface area (TPSA) is 93.3 Å². The van der Waals surface area contributed by atoms with Gasteiger partial charge < -0.3 is 10.2 Å². The Bertz CT molecular complexity index is 889. The van der Waals surface area contributed by atoms with Crippen molar-refractivity contribution in [1.82, 2.24) is 18.4 Å². The molecule has 0 spiro atoms. The van der Waals surface area contributed by atoms with Gasteiger partial charge >= 0.3 is 0 Å². The van der Waals surface area contributed by atoms with E-state index in [9.17, 15) is 18.0 Å². The summed E-state index contributed by atoms with van der Waals surface area (Å²) in [5.74, 6) is -0.253. The van der Waals surface area contributed by atoms with E-state index in [4.69, 9.17) is 0 Å². The van der Waals surface area contributed by atoms with E-state index in [1.807, 2.05) is 4.90 Å². The first kappa shape index (κ1) is 24.6. The number of hydrogen-bond acceptors (Lipinski definition) is 5. The van der Waals surface area contributed by atoms with E-state index < -0.39 is 10.2 Å². The van der Waals surface area contributed by atoms with Gasteiger partial charge in [0.2, 0.25) is 5.91 Å². The predicted octanol–water partition coefficient (Wildman–Crippen LogP) is 1.45. The molecule has 1 heterocycles. The minimum absolute atomic E-state index is 0.0927. The molecule has 0 atom stereocenters. The first-order valence-electron chi connectivity index (χ1n) is 11.3. The lowest BCUT2D eigenvalue weighted by Gasteiger charge is -2.38. The summed E-state index contributed by atoms with van der Waals surface area (Å²) in [7, 11) is 1.61. The van der Waals surface area contributed by atoms with Gasteiger partial charge in [-0.05, 0) is 37.1 Å². The normalized spacial score (nSPS) is 19.1. The Morgan fingerprint density at radius 1 is 0.969 bits per heavy atom. The van der Waals surface area contributed by atoms with Crippen LogP contribution in [-0.4, -0.2) is 98.6 Å². The highest BCUT2D eigenvalue weighted by Crippen LogP contribution is 2.25. The molecule has 0 unspecified atom stereocenters. The minimum atomic E-state index is -3.47. The van der Waals surface area contributed by atoms with Gasteiger partial charge in [0.25, 0.3) is 16.1 Å². The molecule has 0 radical (unpaired) electrons. The van der Waals surface area contributed by atoms with Crippen LogP contribution in [0.3, 0.4) is 0 Å². The van der Waals surface area contributed by atoms with E-state index in [0.717, 1.165) is 25.7 Å². The highest BCUT2D eigenvalue weighted by atomic mass is 32.2. The van der Waals surface area contributed by atoms with Gasteiger partial charge in [-0.3, -0.25) is 14.5 Å². The number of nitrogens with zero attached hydrogens (tertiary/aromatic N) is 4. The van der Waals surface area contributed by atoms with E-state index >= 15 is 0 Å². The molecule has 9 nitrogen and oxygen atoms in total. The summed E-state index contributed by atoms with van der Waals surface area (Å²) < 4.78 is 29.1. The third-order valence-corrected chi connectivity index (χ3v) is 8.34. The number of nitrogens with one attached hydrogen (secondary N) is 1. The number of benzene rings is 1. The fraction of sp³-hybridized carbons (Fsp3) is 0.636. The number of amides is 2. The van der Waals surface area contributed by atoms with E-state index in [2.05, 4.69) is 5.32 Å². The van der Waals surface area contributed by atoms with Crippen LogP contribution in [0.15, 0.2) is 24.3 Å². The van der Waals surface area contributed by atoms with Crippen molar-refractivity contribution in [3.8, 4) is 0 Å². The van der Waals surface area contributed by atoms with Crippen molar-refractivity contribution in [2.24, 2.45) is 0 Å². The lowest BCUT2D eigenvalue weighted by molar-refractivity contribution is -0.117. The molecule has 1 aromatic rings. The van der Waals surface area contributed by atoms with Crippen LogP contribution in [0.5, 0.6) is 0 Å². The second-order valence-electron chi connectivity index (χ2n) is 8.82. The minimum Gasteiger partial charge on any atom is -0.345 e. The van der Waals surface area contributed by atoms with Crippen molar-refractivity contribution in [1.29, 1.82) is 0 Å². The highest BCUT2D eigenvalue weighted by molar-refractivity contribution is 7.86. The molecule has 0 bridgehead atoms. The third kappa shape index (κ3) is 6.06. The maximum absolute atomic E-state index is 13.0. The first-order valence-corrected chi connectivity index (χ1v) is 12.6. The summed E-state index contributed by atoms with van der Waals surface area (Å²) in [5.41, 5.74) is 1.18. The largest absolute Gasteiger partial charge is 0.345 e. The molecule has 10 heteroatoms. The molecule has 1 N–H and O–H groups in total. The summed E-state index contributed by atoms with van der Waals surface area (Å²) in [6, 6.07) is 6.88. The van der Waals surface area contributed by atoms with Gasteiger partial charge in [0, 0.05) is 64.6 Å². The van der Waals surface area contributed by atoms with Crippen LogP contribution < -0.4 is 5.32 Å². The number of carbonyl (C=O) groups excluding carboxylic acids is 2. The Balaban J connectivity index is 1.47. The van der Waals surface area contributed by atoms with E-state index in [1.54, 1.807) is 49.7 Å². The second-order valence-corrected chi connectivity index (χ2v) is 10.8. The van der Waals surface area contributed by atoms with Crippen molar-refractivity contribution in [3.05, 3.63) is 29.8 Å². The molecule has 3 rings (SSSR count). The van der Waals surface area contributed by atoms with Gasteiger partial charge in [-0.25, -0.2) is 0 Å². The Morgan fingerprint density at radius 2 is 1.56 bits per heavy atom. The summed E-state index contributed by atoms with van der Waals surface area (Å²) in [6.45, 7) is 2.00. The zero-order valence-electron chi connectivity index (χ0n) is 19.3. The van der Waals surface area contributed by atoms with Crippen molar-refractivity contribution in [2.45, 2.75) is 38.1 Å². The molecule has 0 aromatic heterocycles. The lowest BCUT2D eigenvalue weighted by Crippen LogP contribution is -2.55. The van der Waals surface area contributed by atoms with Crippen LogP contribution in [0.4, 0.5) is 5.69 Å². The van der Waals surface area contributed by atoms with Crippen molar-refractivity contribution >= 4 is 27.7 Å². The van der Waals surface area contributed by atoms with Crippen LogP contribution in [-0.2, 0) is 15.0 Å². The zero-order valence-corrected chi connectivity index (χ0v) is 20.1. The predicted molar refractivity (Wildman–Crippen MR) is 125 cm³/mol. The van der Waals surface area contributed by atoms with E-state index in [1.165, 1.54) is 15.6 Å². The quantitative estimate of drug-likeness (QED) is 0.658. The molecule has 1 aromatic carbocycles. The van der Waals surface area contributed by atoms with Crippen LogP contribution in [0.1, 0.15) is 42.5 Å². The summed E-state index contributed by atoms with van der Waals surface area (Å²) in [4.78, 5) is 27.8. The fourth-order valence-corrected chi connectivity index (χ4v) is 5.87. The van der Waals surface area contributed by atoms with Crippen LogP contribution >= 0.6 is 0 Å². The molecule has 178 valence electrons. The highest BCUT2D eigenvalue weighted by Gasteiger charge is 2.34. The summed E-state index contributed by atoms with van der Waals surface area (Å²) in [6.07, 6.45) is 5.22. The smallest absolute Gasteiger partial charge is 0.282 e. The molecule has 2 aliphatic rings. The second kappa shape index (κ2) is 10.7. The number of piperazine rings is 1. The van der Waals surface area contributed by atoms with Crippen LogP contribution in [0.25, 0.3) is 0 Å². The van der Waals surface area contributed by atoms with Gasteiger partial charge in [0.1, 0.15) is 0 Å². The van der Waals surface area contributed by atoms with E-state index in [0.29, 0.717) is 37.4 Å². The maximum Gasteiger partial charge on any atom is 0.282 e.